The lowest BCUT2D eigenvalue weighted by atomic mass is 10.0. The van der Waals surface area contributed by atoms with E-state index in [1.165, 1.54) is 16.4 Å². The van der Waals surface area contributed by atoms with Gasteiger partial charge >= 0.3 is 6.09 Å². The summed E-state index contributed by atoms with van der Waals surface area (Å²) in [6, 6.07) is 20.8. The lowest BCUT2D eigenvalue weighted by Crippen LogP contribution is -2.51. The van der Waals surface area contributed by atoms with Crippen LogP contribution >= 0.6 is 0 Å². The van der Waals surface area contributed by atoms with E-state index in [0.717, 1.165) is 11.1 Å². The molecule has 1 heterocycles. The van der Waals surface area contributed by atoms with E-state index in [1.807, 2.05) is 68.4 Å². The fraction of sp³-hybridized carbons (Fsp3) is 0.424. The van der Waals surface area contributed by atoms with Crippen molar-refractivity contribution in [3.63, 3.8) is 0 Å². The molecule has 1 amide bonds. The van der Waals surface area contributed by atoms with Crippen LogP contribution in [0.1, 0.15) is 45.7 Å². The van der Waals surface area contributed by atoms with Crippen LogP contribution < -0.4 is 19.5 Å². The number of hydrogen-bond acceptors (Lipinski definition) is 8. The number of benzene rings is 3. The van der Waals surface area contributed by atoms with Crippen molar-refractivity contribution in [2.24, 2.45) is 5.92 Å². The fourth-order valence-electron chi connectivity index (χ4n) is 4.66. The van der Waals surface area contributed by atoms with Gasteiger partial charge in [-0.1, -0.05) is 56.3 Å². The quantitative estimate of drug-likeness (QED) is 0.268. The van der Waals surface area contributed by atoms with Crippen LogP contribution in [-0.4, -0.2) is 61.6 Å². The van der Waals surface area contributed by atoms with Crippen molar-refractivity contribution in [2.45, 2.75) is 70.3 Å². The highest BCUT2D eigenvalue weighted by Gasteiger charge is 2.33. The van der Waals surface area contributed by atoms with Crippen molar-refractivity contribution in [1.29, 1.82) is 0 Å². The zero-order valence-corrected chi connectivity index (χ0v) is 26.7. The SMILES string of the molecule is CC(C)CN(CC(O)C(Cc1ccc(OCc2ccccc2)cc1)NC(=O)OC(C)(C)C)S(=O)(=O)c1ccc2c(c1)OCO2. The fourth-order valence-corrected chi connectivity index (χ4v) is 6.30. The van der Waals surface area contributed by atoms with Gasteiger partial charge in [-0.15, -0.1) is 0 Å². The molecular formula is C33H42N2O8S. The van der Waals surface area contributed by atoms with Crippen LogP contribution in [0.25, 0.3) is 0 Å². The highest BCUT2D eigenvalue weighted by molar-refractivity contribution is 7.89. The topological polar surface area (TPSA) is 124 Å². The number of sulfonamides is 1. The Morgan fingerprint density at radius 2 is 1.64 bits per heavy atom. The number of amides is 1. The molecule has 2 unspecified atom stereocenters. The minimum atomic E-state index is -4.03. The van der Waals surface area contributed by atoms with Crippen LogP contribution in [0.15, 0.2) is 77.7 Å². The van der Waals surface area contributed by atoms with Crippen molar-refractivity contribution >= 4 is 16.1 Å². The number of aliphatic hydroxyl groups is 1. The smallest absolute Gasteiger partial charge is 0.407 e. The van der Waals surface area contributed by atoms with Gasteiger partial charge in [0.05, 0.1) is 17.0 Å². The van der Waals surface area contributed by atoms with Gasteiger partial charge in [0, 0.05) is 19.2 Å². The van der Waals surface area contributed by atoms with Gasteiger partial charge in [0.2, 0.25) is 16.8 Å². The van der Waals surface area contributed by atoms with Crippen LogP contribution in [0.5, 0.6) is 17.2 Å². The molecule has 10 nitrogen and oxygen atoms in total. The molecule has 0 saturated heterocycles. The second kappa shape index (κ2) is 14.3. The number of hydrogen-bond donors (Lipinski definition) is 2. The molecule has 0 bridgehead atoms. The molecule has 2 N–H and O–H groups in total. The third kappa shape index (κ3) is 9.35. The molecule has 0 saturated carbocycles. The van der Waals surface area contributed by atoms with Crippen LogP contribution in [0.4, 0.5) is 4.79 Å². The predicted molar refractivity (Wildman–Crippen MR) is 166 cm³/mol. The Bertz CT molecular complexity index is 1490. The molecule has 2 atom stereocenters. The minimum Gasteiger partial charge on any atom is -0.489 e. The summed E-state index contributed by atoms with van der Waals surface area (Å²) in [5.41, 5.74) is 1.10. The molecule has 0 aliphatic carbocycles. The van der Waals surface area contributed by atoms with Gasteiger partial charge in [-0.3, -0.25) is 0 Å². The third-order valence-corrected chi connectivity index (χ3v) is 8.56. The van der Waals surface area contributed by atoms with E-state index in [4.69, 9.17) is 18.9 Å². The van der Waals surface area contributed by atoms with Crippen molar-refractivity contribution in [2.75, 3.05) is 19.9 Å². The Labute approximate surface area is 259 Å². The van der Waals surface area contributed by atoms with Crippen molar-refractivity contribution in [3.05, 3.63) is 83.9 Å². The van der Waals surface area contributed by atoms with E-state index >= 15 is 0 Å². The molecule has 238 valence electrons. The Hall–Kier alpha value is -3.80. The number of aliphatic hydroxyl groups excluding tert-OH is 1. The maximum absolute atomic E-state index is 13.8. The van der Waals surface area contributed by atoms with Crippen LogP contribution in [0.3, 0.4) is 0 Å². The summed E-state index contributed by atoms with van der Waals surface area (Å²) in [5, 5.41) is 14.3. The highest BCUT2D eigenvalue weighted by Crippen LogP contribution is 2.35. The van der Waals surface area contributed by atoms with Gasteiger partial charge in [0.15, 0.2) is 11.5 Å². The van der Waals surface area contributed by atoms with Gasteiger partial charge in [-0.2, -0.15) is 4.31 Å². The van der Waals surface area contributed by atoms with E-state index in [2.05, 4.69) is 5.32 Å². The second-order valence-electron chi connectivity index (χ2n) is 12.2. The Balaban J connectivity index is 1.52. The van der Waals surface area contributed by atoms with Crippen LogP contribution in [-0.2, 0) is 27.8 Å². The summed E-state index contributed by atoms with van der Waals surface area (Å²) < 4.78 is 50.9. The standard InChI is InChI=1S/C33H42N2O8S/c1-23(2)19-35(44(38,39)27-15-16-30-31(18-27)42-22-41-30)20-29(36)28(34-32(37)43-33(3,4)5)17-24-11-13-26(14-12-24)40-21-25-9-7-6-8-10-25/h6-16,18,23,28-29,36H,17,19-22H2,1-5H3,(H,34,37). The second-order valence-corrected chi connectivity index (χ2v) is 14.1. The molecule has 3 aromatic rings. The molecule has 0 fully saturated rings. The minimum absolute atomic E-state index is 0.0192. The zero-order chi connectivity index (χ0) is 31.9. The molecule has 44 heavy (non-hydrogen) atoms. The van der Waals surface area contributed by atoms with Gasteiger partial charge in [0.1, 0.15) is 18.0 Å². The van der Waals surface area contributed by atoms with E-state index in [0.29, 0.717) is 23.9 Å². The molecule has 3 aromatic carbocycles. The molecular weight excluding hydrogens is 584 g/mol. The van der Waals surface area contributed by atoms with Gasteiger partial charge in [0.25, 0.3) is 0 Å². The summed E-state index contributed by atoms with van der Waals surface area (Å²) in [5.74, 6) is 1.45. The molecule has 1 aliphatic heterocycles. The monoisotopic (exact) mass is 626 g/mol. The predicted octanol–water partition coefficient (Wildman–Crippen LogP) is 5.14. The average Bonchev–Trinajstić information content (AvgIpc) is 3.43. The molecule has 1 aliphatic rings. The number of carbonyl (C=O) groups is 1. The van der Waals surface area contributed by atoms with E-state index in [1.54, 1.807) is 26.8 Å². The number of fused-ring (bicyclic) bond motifs is 1. The number of ether oxygens (including phenoxy) is 4. The maximum Gasteiger partial charge on any atom is 0.407 e. The van der Waals surface area contributed by atoms with Crippen molar-refractivity contribution in [1.82, 2.24) is 9.62 Å². The molecule has 4 rings (SSSR count). The first-order chi connectivity index (χ1) is 20.8. The Kier molecular flexibility index (Phi) is 10.8. The number of rotatable bonds is 13. The lowest BCUT2D eigenvalue weighted by Gasteiger charge is -2.31. The maximum atomic E-state index is 13.8. The first kappa shape index (κ1) is 33.1. The van der Waals surface area contributed by atoms with Gasteiger partial charge in [-0.05, 0) is 68.5 Å². The van der Waals surface area contributed by atoms with Crippen molar-refractivity contribution < 1.29 is 37.3 Å². The zero-order valence-electron chi connectivity index (χ0n) is 25.9. The summed E-state index contributed by atoms with van der Waals surface area (Å²) in [6.45, 7) is 9.36. The first-order valence-electron chi connectivity index (χ1n) is 14.6. The third-order valence-electron chi connectivity index (χ3n) is 6.74. The van der Waals surface area contributed by atoms with Gasteiger partial charge < -0.3 is 29.4 Å². The molecule has 0 spiro atoms. The number of nitrogens with one attached hydrogen (secondary N) is 1. The van der Waals surface area contributed by atoms with Crippen molar-refractivity contribution in [3.8, 4) is 17.2 Å². The summed E-state index contributed by atoms with van der Waals surface area (Å²) in [4.78, 5) is 12.8. The number of carbonyl (C=O) groups excluding carboxylic acids is 1. The summed E-state index contributed by atoms with van der Waals surface area (Å²) >= 11 is 0. The van der Waals surface area contributed by atoms with E-state index in [-0.39, 0.29) is 37.1 Å². The van der Waals surface area contributed by atoms with Crippen LogP contribution in [0.2, 0.25) is 0 Å². The lowest BCUT2D eigenvalue weighted by molar-refractivity contribution is 0.0400. The van der Waals surface area contributed by atoms with E-state index < -0.39 is 33.9 Å². The Morgan fingerprint density at radius 1 is 0.955 bits per heavy atom. The largest absolute Gasteiger partial charge is 0.489 e. The number of nitrogens with zero attached hydrogens (tertiary/aromatic N) is 1. The number of alkyl carbamates (subject to hydrolysis) is 1. The summed E-state index contributed by atoms with van der Waals surface area (Å²) in [7, 11) is -4.03. The van der Waals surface area contributed by atoms with E-state index in [9.17, 15) is 18.3 Å². The first-order valence-corrected chi connectivity index (χ1v) is 16.1. The molecule has 0 aromatic heterocycles. The van der Waals surface area contributed by atoms with Crippen LogP contribution in [0, 0.1) is 5.92 Å². The highest BCUT2D eigenvalue weighted by atomic mass is 32.2. The Morgan fingerprint density at radius 3 is 2.30 bits per heavy atom. The van der Waals surface area contributed by atoms with Gasteiger partial charge in [-0.25, -0.2) is 13.2 Å². The molecule has 11 heteroatoms. The normalized spacial score (nSPS) is 14.4. The average molecular weight is 627 g/mol. The molecule has 0 radical (unpaired) electrons. The summed E-state index contributed by atoms with van der Waals surface area (Å²) in [6.07, 6.45) is -1.75.